The molecule has 3 aromatic rings. The number of sulfonamides is 1. The summed E-state index contributed by atoms with van der Waals surface area (Å²) in [5, 5.41) is 8.99. The van der Waals surface area contributed by atoms with Gasteiger partial charge in [-0.25, -0.2) is 13.2 Å². The summed E-state index contributed by atoms with van der Waals surface area (Å²) in [6, 6.07) is 8.97. The van der Waals surface area contributed by atoms with Crippen LogP contribution in [0.15, 0.2) is 41.3 Å². The molecule has 9 heteroatoms. The average molecular weight is 349 g/mol. The van der Waals surface area contributed by atoms with Crippen LogP contribution < -0.4 is 4.72 Å². The molecule has 0 aliphatic rings. The summed E-state index contributed by atoms with van der Waals surface area (Å²) in [5.74, 6) is -1.13. The van der Waals surface area contributed by atoms with Gasteiger partial charge in [0.15, 0.2) is 0 Å². The quantitative estimate of drug-likeness (QED) is 0.749. The van der Waals surface area contributed by atoms with Gasteiger partial charge in [0, 0.05) is 5.69 Å². The van der Waals surface area contributed by atoms with Gasteiger partial charge in [0.05, 0.1) is 17.3 Å². The van der Waals surface area contributed by atoms with E-state index in [2.05, 4.69) is 13.5 Å². The average Bonchev–Trinajstić information content (AvgIpc) is 2.94. The second-order valence-electron chi connectivity index (χ2n) is 4.83. The fourth-order valence-electron chi connectivity index (χ4n) is 2.19. The molecule has 118 valence electrons. The van der Waals surface area contributed by atoms with Gasteiger partial charge in [-0.05, 0) is 36.8 Å². The number of nitrogens with one attached hydrogen (secondary N) is 1. The SMILES string of the molecule is Cc1ccc2nsnc2c1S(=O)(=O)Nc1cccc(C(=O)O)c1. The first kappa shape index (κ1) is 15.4. The second kappa shape index (κ2) is 5.60. The maximum absolute atomic E-state index is 12.7. The highest BCUT2D eigenvalue weighted by Gasteiger charge is 2.22. The zero-order valence-corrected chi connectivity index (χ0v) is 13.5. The zero-order chi connectivity index (χ0) is 16.6. The van der Waals surface area contributed by atoms with Gasteiger partial charge in [-0.1, -0.05) is 12.1 Å². The summed E-state index contributed by atoms with van der Waals surface area (Å²) in [6.45, 7) is 1.67. The van der Waals surface area contributed by atoms with Crippen LogP contribution in [0.5, 0.6) is 0 Å². The van der Waals surface area contributed by atoms with Gasteiger partial charge < -0.3 is 5.11 Å². The van der Waals surface area contributed by atoms with Gasteiger partial charge in [0.1, 0.15) is 15.9 Å². The molecule has 1 heterocycles. The maximum Gasteiger partial charge on any atom is 0.335 e. The van der Waals surface area contributed by atoms with Crippen LogP contribution in [0, 0.1) is 6.92 Å². The van der Waals surface area contributed by atoms with Crippen molar-refractivity contribution in [2.75, 3.05) is 4.72 Å². The first-order valence-electron chi connectivity index (χ1n) is 6.46. The van der Waals surface area contributed by atoms with Crippen LogP contribution in [0.25, 0.3) is 11.0 Å². The van der Waals surface area contributed by atoms with Crippen molar-refractivity contribution in [3.05, 3.63) is 47.5 Å². The Kier molecular flexibility index (Phi) is 3.74. The van der Waals surface area contributed by atoms with E-state index in [1.54, 1.807) is 19.1 Å². The smallest absolute Gasteiger partial charge is 0.335 e. The number of anilines is 1. The van der Waals surface area contributed by atoms with Crippen molar-refractivity contribution in [1.29, 1.82) is 0 Å². The number of hydrogen-bond donors (Lipinski definition) is 2. The van der Waals surface area contributed by atoms with Gasteiger partial charge in [-0.15, -0.1) is 0 Å². The number of aryl methyl sites for hydroxylation is 1. The number of benzene rings is 2. The normalized spacial score (nSPS) is 11.5. The number of carboxylic acids is 1. The number of fused-ring (bicyclic) bond motifs is 1. The maximum atomic E-state index is 12.7. The Morgan fingerprint density at radius 1 is 1.22 bits per heavy atom. The third kappa shape index (κ3) is 2.88. The van der Waals surface area contributed by atoms with E-state index in [1.807, 2.05) is 0 Å². The van der Waals surface area contributed by atoms with Gasteiger partial charge >= 0.3 is 5.97 Å². The van der Waals surface area contributed by atoms with Gasteiger partial charge in [-0.3, -0.25) is 4.72 Å². The molecule has 0 atom stereocenters. The summed E-state index contributed by atoms with van der Waals surface area (Å²) in [5.41, 5.74) is 1.50. The van der Waals surface area contributed by atoms with Gasteiger partial charge in [0.2, 0.25) is 0 Å². The highest BCUT2D eigenvalue weighted by atomic mass is 32.2. The number of hydrogen-bond acceptors (Lipinski definition) is 6. The first-order valence-corrected chi connectivity index (χ1v) is 8.68. The first-order chi connectivity index (χ1) is 10.9. The minimum Gasteiger partial charge on any atom is -0.478 e. The third-order valence-corrected chi connectivity index (χ3v) is 5.31. The van der Waals surface area contributed by atoms with Crippen LogP contribution >= 0.6 is 11.7 Å². The van der Waals surface area contributed by atoms with E-state index in [0.717, 1.165) is 11.7 Å². The molecule has 2 aromatic carbocycles. The highest BCUT2D eigenvalue weighted by molar-refractivity contribution is 7.93. The Bertz CT molecular complexity index is 1010. The Balaban J connectivity index is 2.08. The van der Waals surface area contributed by atoms with Crippen molar-refractivity contribution in [3.63, 3.8) is 0 Å². The molecule has 23 heavy (non-hydrogen) atoms. The molecule has 7 nitrogen and oxygen atoms in total. The van der Waals surface area contributed by atoms with Crippen molar-refractivity contribution >= 4 is 44.4 Å². The summed E-state index contributed by atoms with van der Waals surface area (Å²) in [4.78, 5) is 11.0. The van der Waals surface area contributed by atoms with Crippen LogP contribution in [0.4, 0.5) is 5.69 Å². The van der Waals surface area contributed by atoms with Crippen molar-refractivity contribution in [2.24, 2.45) is 0 Å². The molecule has 0 saturated carbocycles. The molecule has 0 fully saturated rings. The molecular formula is C14H11N3O4S2. The van der Waals surface area contributed by atoms with E-state index in [9.17, 15) is 13.2 Å². The van der Waals surface area contributed by atoms with Crippen LogP contribution in [-0.4, -0.2) is 28.2 Å². The van der Waals surface area contributed by atoms with Crippen molar-refractivity contribution in [1.82, 2.24) is 8.75 Å². The van der Waals surface area contributed by atoms with E-state index in [-0.39, 0.29) is 16.1 Å². The summed E-state index contributed by atoms with van der Waals surface area (Å²) in [7, 11) is -3.92. The van der Waals surface area contributed by atoms with E-state index in [1.165, 1.54) is 24.3 Å². The Hall–Kier alpha value is -2.52. The van der Waals surface area contributed by atoms with E-state index in [4.69, 9.17) is 5.11 Å². The molecule has 0 unspecified atom stereocenters. The predicted molar refractivity (Wildman–Crippen MR) is 86.4 cm³/mol. The standard InChI is InChI=1S/C14H11N3O4S2/c1-8-5-6-11-12(16-22-15-11)13(8)23(20,21)17-10-4-2-3-9(7-10)14(18)19/h2-7,17H,1H3,(H,18,19). The number of aromatic carboxylic acids is 1. The number of aromatic nitrogens is 2. The zero-order valence-electron chi connectivity index (χ0n) is 11.8. The van der Waals surface area contributed by atoms with Crippen molar-refractivity contribution in [3.8, 4) is 0 Å². The topological polar surface area (TPSA) is 109 Å². The minimum atomic E-state index is -3.92. The van der Waals surface area contributed by atoms with Gasteiger partial charge in [-0.2, -0.15) is 8.75 Å². The molecule has 0 saturated heterocycles. The van der Waals surface area contributed by atoms with Crippen LogP contribution in [-0.2, 0) is 10.0 Å². The Morgan fingerprint density at radius 2 is 2.00 bits per heavy atom. The second-order valence-corrected chi connectivity index (χ2v) is 6.98. The molecule has 1 aromatic heterocycles. The predicted octanol–water partition coefficient (Wildman–Crippen LogP) is 2.50. The summed E-state index contributed by atoms with van der Waals surface area (Å²) in [6.07, 6.45) is 0. The minimum absolute atomic E-state index is 0.00421. The lowest BCUT2D eigenvalue weighted by molar-refractivity contribution is 0.0697. The van der Waals surface area contributed by atoms with Crippen molar-refractivity contribution in [2.45, 2.75) is 11.8 Å². The lowest BCUT2D eigenvalue weighted by Crippen LogP contribution is -2.15. The monoisotopic (exact) mass is 349 g/mol. The van der Waals surface area contributed by atoms with E-state index < -0.39 is 16.0 Å². The van der Waals surface area contributed by atoms with E-state index in [0.29, 0.717) is 16.6 Å². The number of rotatable bonds is 4. The molecule has 0 amide bonds. The Morgan fingerprint density at radius 3 is 2.74 bits per heavy atom. The molecular weight excluding hydrogens is 338 g/mol. The molecule has 0 radical (unpaired) electrons. The Labute approximate surface area is 136 Å². The molecule has 0 spiro atoms. The lowest BCUT2D eigenvalue weighted by Gasteiger charge is -2.11. The largest absolute Gasteiger partial charge is 0.478 e. The summed E-state index contributed by atoms with van der Waals surface area (Å²) >= 11 is 0.935. The number of nitrogens with zero attached hydrogens (tertiary/aromatic N) is 2. The fourth-order valence-corrected chi connectivity index (χ4v) is 4.23. The number of carbonyl (C=O) groups is 1. The van der Waals surface area contributed by atoms with Gasteiger partial charge in [0.25, 0.3) is 10.0 Å². The van der Waals surface area contributed by atoms with E-state index >= 15 is 0 Å². The van der Waals surface area contributed by atoms with Crippen LogP contribution in [0.3, 0.4) is 0 Å². The fraction of sp³-hybridized carbons (Fsp3) is 0.0714. The molecule has 0 aliphatic heterocycles. The highest BCUT2D eigenvalue weighted by Crippen LogP contribution is 2.27. The summed E-state index contributed by atoms with van der Waals surface area (Å²) < 4.78 is 35.9. The third-order valence-electron chi connectivity index (χ3n) is 3.21. The molecule has 3 rings (SSSR count). The van der Waals surface area contributed by atoms with Crippen LogP contribution in [0.1, 0.15) is 15.9 Å². The molecule has 2 N–H and O–H groups in total. The van der Waals surface area contributed by atoms with Crippen LogP contribution in [0.2, 0.25) is 0 Å². The van der Waals surface area contributed by atoms with Crippen molar-refractivity contribution < 1.29 is 18.3 Å². The molecule has 0 aliphatic carbocycles. The number of carboxylic acid groups (broad SMARTS) is 1. The molecule has 0 bridgehead atoms. The lowest BCUT2D eigenvalue weighted by atomic mass is 10.2.